The van der Waals surface area contributed by atoms with Gasteiger partial charge in [-0.3, -0.25) is 0 Å². The van der Waals surface area contributed by atoms with Gasteiger partial charge in [0, 0.05) is 22.8 Å². The number of benzene rings is 1. The predicted molar refractivity (Wildman–Crippen MR) is 68.6 cm³/mol. The van der Waals surface area contributed by atoms with Gasteiger partial charge in [0.1, 0.15) is 0 Å². The van der Waals surface area contributed by atoms with Gasteiger partial charge in [-0.25, -0.2) is 4.68 Å². The van der Waals surface area contributed by atoms with E-state index in [1.165, 1.54) is 5.56 Å². The van der Waals surface area contributed by atoms with Crippen LogP contribution in [-0.4, -0.2) is 16.3 Å². The predicted octanol–water partition coefficient (Wildman–Crippen LogP) is 2.74. The van der Waals surface area contributed by atoms with E-state index in [2.05, 4.69) is 33.3 Å². The molecule has 0 aliphatic carbocycles. The first-order valence-electron chi connectivity index (χ1n) is 5.30. The van der Waals surface area contributed by atoms with Crippen molar-refractivity contribution in [3.8, 4) is 5.69 Å². The highest BCUT2D eigenvalue weighted by atomic mass is 79.9. The molecule has 4 heteroatoms. The summed E-state index contributed by atoms with van der Waals surface area (Å²) >= 11 is 3.52. The molecular weight excluding hydrogens is 266 g/mol. The molecule has 1 aromatic carbocycles. The first-order chi connectivity index (χ1) is 7.81. The van der Waals surface area contributed by atoms with E-state index in [0.29, 0.717) is 0 Å². The number of nitrogens with zero attached hydrogens (tertiary/aromatic N) is 2. The molecule has 3 nitrogen and oxygen atoms in total. The van der Waals surface area contributed by atoms with Gasteiger partial charge in [-0.05, 0) is 34.6 Å². The molecule has 0 radical (unpaired) electrons. The van der Waals surface area contributed by atoms with Crippen LogP contribution in [0.15, 0.2) is 41.1 Å². The summed E-state index contributed by atoms with van der Waals surface area (Å²) < 4.78 is 2.93. The molecule has 0 amide bonds. The lowest BCUT2D eigenvalue weighted by atomic mass is 10.3. The normalized spacial score (nSPS) is 10.6. The number of hydrogen-bond donors (Lipinski definition) is 1. The maximum absolute atomic E-state index is 4.35. The van der Waals surface area contributed by atoms with E-state index in [9.17, 15) is 0 Å². The maximum atomic E-state index is 4.35. The zero-order valence-electron chi connectivity index (χ0n) is 9.15. The molecule has 16 heavy (non-hydrogen) atoms. The van der Waals surface area contributed by atoms with Crippen LogP contribution in [0, 0.1) is 0 Å². The lowest BCUT2D eigenvalue weighted by molar-refractivity contribution is 0.726. The second kappa shape index (κ2) is 5.27. The van der Waals surface area contributed by atoms with Gasteiger partial charge in [0.2, 0.25) is 0 Å². The van der Waals surface area contributed by atoms with Crippen LogP contribution in [-0.2, 0) is 6.54 Å². The molecular formula is C12H14BrN3. The molecule has 0 aliphatic rings. The highest BCUT2D eigenvalue weighted by molar-refractivity contribution is 9.10. The van der Waals surface area contributed by atoms with Gasteiger partial charge in [0.05, 0.1) is 11.9 Å². The zero-order valence-corrected chi connectivity index (χ0v) is 10.7. The van der Waals surface area contributed by atoms with E-state index in [0.717, 1.165) is 23.2 Å². The van der Waals surface area contributed by atoms with Crippen molar-refractivity contribution in [1.82, 2.24) is 15.1 Å². The fourth-order valence-electron chi connectivity index (χ4n) is 1.49. The highest BCUT2D eigenvalue weighted by Gasteiger charge is 2.03. The Bertz CT molecular complexity index is 465. The minimum Gasteiger partial charge on any atom is -0.313 e. The van der Waals surface area contributed by atoms with Gasteiger partial charge in [0.15, 0.2) is 0 Å². The maximum Gasteiger partial charge on any atom is 0.0787 e. The van der Waals surface area contributed by atoms with Crippen LogP contribution < -0.4 is 5.32 Å². The number of hydrogen-bond acceptors (Lipinski definition) is 2. The van der Waals surface area contributed by atoms with E-state index >= 15 is 0 Å². The average Bonchev–Trinajstić information content (AvgIpc) is 2.75. The number of para-hydroxylation sites is 1. The SMILES string of the molecule is CCNCc1cnn(-c2ccccc2Br)c1. The molecule has 0 fully saturated rings. The summed E-state index contributed by atoms with van der Waals surface area (Å²) in [4.78, 5) is 0. The molecule has 0 aliphatic heterocycles. The molecule has 0 spiro atoms. The van der Waals surface area contributed by atoms with Gasteiger partial charge in [-0.2, -0.15) is 5.10 Å². The van der Waals surface area contributed by atoms with Crippen LogP contribution in [0.1, 0.15) is 12.5 Å². The summed E-state index contributed by atoms with van der Waals surface area (Å²) in [6, 6.07) is 8.05. The van der Waals surface area contributed by atoms with Gasteiger partial charge in [-0.15, -0.1) is 0 Å². The topological polar surface area (TPSA) is 29.9 Å². The smallest absolute Gasteiger partial charge is 0.0787 e. The van der Waals surface area contributed by atoms with Crippen molar-refractivity contribution in [2.75, 3.05) is 6.54 Å². The van der Waals surface area contributed by atoms with Crippen LogP contribution in [0.25, 0.3) is 5.69 Å². The van der Waals surface area contributed by atoms with E-state index in [-0.39, 0.29) is 0 Å². The van der Waals surface area contributed by atoms with Crippen LogP contribution in [0.5, 0.6) is 0 Å². The van der Waals surface area contributed by atoms with E-state index in [4.69, 9.17) is 0 Å². The second-order valence-electron chi connectivity index (χ2n) is 3.52. The van der Waals surface area contributed by atoms with Crippen molar-refractivity contribution in [2.45, 2.75) is 13.5 Å². The number of aromatic nitrogens is 2. The highest BCUT2D eigenvalue weighted by Crippen LogP contribution is 2.19. The third-order valence-electron chi connectivity index (χ3n) is 2.31. The Balaban J connectivity index is 2.22. The lowest BCUT2D eigenvalue weighted by Gasteiger charge is -2.03. The quantitative estimate of drug-likeness (QED) is 0.933. The van der Waals surface area contributed by atoms with E-state index < -0.39 is 0 Å². The van der Waals surface area contributed by atoms with Crippen molar-refractivity contribution in [2.24, 2.45) is 0 Å². The molecule has 0 atom stereocenters. The van der Waals surface area contributed by atoms with Crippen molar-refractivity contribution in [1.29, 1.82) is 0 Å². The fraction of sp³-hybridized carbons (Fsp3) is 0.250. The third-order valence-corrected chi connectivity index (χ3v) is 2.99. The fourth-order valence-corrected chi connectivity index (χ4v) is 1.96. The minimum atomic E-state index is 0.862. The zero-order chi connectivity index (χ0) is 11.4. The molecule has 1 N–H and O–H groups in total. The summed E-state index contributed by atoms with van der Waals surface area (Å²) in [5.74, 6) is 0. The Morgan fingerprint density at radius 3 is 2.94 bits per heavy atom. The lowest BCUT2D eigenvalue weighted by Crippen LogP contribution is -2.10. The summed E-state index contributed by atoms with van der Waals surface area (Å²) in [5, 5.41) is 7.63. The Labute approximate surface area is 104 Å². The average molecular weight is 280 g/mol. The van der Waals surface area contributed by atoms with Crippen molar-refractivity contribution in [3.63, 3.8) is 0 Å². The van der Waals surface area contributed by atoms with Crippen LogP contribution in [0.2, 0.25) is 0 Å². The number of nitrogens with one attached hydrogen (secondary N) is 1. The number of rotatable bonds is 4. The van der Waals surface area contributed by atoms with E-state index in [1.54, 1.807) is 0 Å². The molecule has 2 aromatic rings. The van der Waals surface area contributed by atoms with Crippen molar-refractivity contribution in [3.05, 3.63) is 46.7 Å². The second-order valence-corrected chi connectivity index (χ2v) is 4.38. The molecule has 84 valence electrons. The van der Waals surface area contributed by atoms with Gasteiger partial charge in [-0.1, -0.05) is 19.1 Å². The Kier molecular flexibility index (Phi) is 3.74. The molecule has 1 heterocycles. The summed E-state index contributed by atoms with van der Waals surface area (Å²) in [5.41, 5.74) is 2.25. The standard InChI is InChI=1S/C12H14BrN3/c1-2-14-7-10-8-15-16(9-10)12-6-4-3-5-11(12)13/h3-6,8-9,14H,2,7H2,1H3. The van der Waals surface area contributed by atoms with Gasteiger partial charge in [0.25, 0.3) is 0 Å². The summed E-state index contributed by atoms with van der Waals surface area (Å²) in [7, 11) is 0. The summed E-state index contributed by atoms with van der Waals surface area (Å²) in [6.07, 6.45) is 3.94. The third kappa shape index (κ3) is 2.51. The minimum absolute atomic E-state index is 0.862. The molecule has 0 saturated carbocycles. The number of halogens is 1. The first-order valence-corrected chi connectivity index (χ1v) is 6.09. The van der Waals surface area contributed by atoms with Crippen LogP contribution in [0.4, 0.5) is 0 Å². The van der Waals surface area contributed by atoms with Crippen LogP contribution >= 0.6 is 15.9 Å². The molecule has 2 rings (SSSR count). The Morgan fingerprint density at radius 2 is 2.19 bits per heavy atom. The van der Waals surface area contributed by atoms with Gasteiger partial charge >= 0.3 is 0 Å². The van der Waals surface area contributed by atoms with Crippen molar-refractivity contribution >= 4 is 15.9 Å². The molecule has 0 saturated heterocycles. The Morgan fingerprint density at radius 1 is 1.38 bits per heavy atom. The molecule has 0 unspecified atom stereocenters. The van der Waals surface area contributed by atoms with Gasteiger partial charge < -0.3 is 5.32 Å². The Hall–Kier alpha value is -1.13. The largest absolute Gasteiger partial charge is 0.313 e. The van der Waals surface area contributed by atoms with E-state index in [1.807, 2.05) is 41.3 Å². The molecule has 0 bridgehead atoms. The van der Waals surface area contributed by atoms with Crippen LogP contribution in [0.3, 0.4) is 0 Å². The summed E-state index contributed by atoms with van der Waals surface area (Å²) in [6.45, 7) is 3.93. The first kappa shape index (κ1) is 11.4. The van der Waals surface area contributed by atoms with Crippen molar-refractivity contribution < 1.29 is 0 Å². The monoisotopic (exact) mass is 279 g/mol. The molecule has 1 aromatic heterocycles.